The van der Waals surface area contributed by atoms with Crippen molar-refractivity contribution in [2.24, 2.45) is 0 Å². The summed E-state index contributed by atoms with van der Waals surface area (Å²) in [5, 5.41) is 8.95. The maximum absolute atomic E-state index is 12.9. The van der Waals surface area contributed by atoms with Crippen LogP contribution >= 0.6 is 0 Å². The second-order valence-electron chi connectivity index (χ2n) is 2.77. The first-order valence-corrected chi connectivity index (χ1v) is 3.45. The summed E-state index contributed by atoms with van der Waals surface area (Å²) < 4.78 is 12.9. The molecule has 0 radical (unpaired) electrons. The van der Waals surface area contributed by atoms with Gasteiger partial charge in [0.1, 0.15) is 0 Å². The van der Waals surface area contributed by atoms with Gasteiger partial charge < -0.3 is 15.1 Å². The molecule has 1 rings (SSSR count). The van der Waals surface area contributed by atoms with Crippen LogP contribution in [0.4, 0.5) is 10.0 Å². The van der Waals surface area contributed by atoms with E-state index >= 15 is 0 Å². The Hall–Kier alpha value is -1.03. The topological polar surface area (TPSA) is 46.2 Å². The highest BCUT2D eigenvalue weighted by atomic mass is 19.1. The molecule has 1 atom stereocenters. The van der Waals surface area contributed by atoms with Crippen LogP contribution in [-0.2, 0) is 0 Å². The van der Waals surface area contributed by atoms with Crippen LogP contribution in [0.1, 0.15) is 0 Å². The van der Waals surface area contributed by atoms with E-state index in [1.54, 1.807) is 12.1 Å². The van der Waals surface area contributed by atoms with Crippen LogP contribution in [-0.4, -0.2) is 11.6 Å². The molecule has 0 aliphatic rings. The monoisotopic (exact) mass is 154 g/mol. The molecule has 60 valence electrons. The van der Waals surface area contributed by atoms with E-state index in [0.717, 1.165) is 6.82 Å². The van der Waals surface area contributed by atoms with Crippen molar-refractivity contribution in [3.05, 3.63) is 24.3 Å². The van der Waals surface area contributed by atoms with Crippen LogP contribution in [0.2, 0.25) is 6.82 Å². The number of hydrogen-bond acceptors (Lipinski definition) is 2. The minimum Gasteiger partial charge on any atom is -0.577 e. The molecule has 0 bridgehead atoms. The molecule has 4 heteroatoms. The quantitative estimate of drug-likeness (QED) is 0.457. The average Bonchev–Trinajstić information content (AvgIpc) is 1.86. The van der Waals surface area contributed by atoms with E-state index < -0.39 is 6.63 Å². The first kappa shape index (κ1) is 8.08. The van der Waals surface area contributed by atoms with Gasteiger partial charge in [0.05, 0.1) is 0 Å². The highest BCUT2D eigenvalue weighted by Crippen LogP contribution is 2.04. The molecule has 1 aromatic rings. The molecule has 11 heavy (non-hydrogen) atoms. The van der Waals surface area contributed by atoms with Gasteiger partial charge in [0, 0.05) is 5.69 Å². The van der Waals surface area contributed by atoms with Crippen LogP contribution in [0.15, 0.2) is 24.3 Å². The lowest BCUT2D eigenvalue weighted by Gasteiger charge is -2.20. The largest absolute Gasteiger partial charge is 0.577 e. The Labute approximate surface area is 64.8 Å². The van der Waals surface area contributed by atoms with E-state index in [0.29, 0.717) is 5.69 Å². The Morgan fingerprint density at radius 3 is 2.55 bits per heavy atom. The van der Waals surface area contributed by atoms with E-state index in [1.165, 1.54) is 12.1 Å². The molecule has 0 aromatic heterocycles. The summed E-state index contributed by atoms with van der Waals surface area (Å²) in [4.78, 5) is 0. The predicted molar refractivity (Wildman–Crippen MR) is 45.4 cm³/mol. The summed E-state index contributed by atoms with van der Waals surface area (Å²) in [5.41, 5.74) is 6.09. The molecular weight excluding hydrogens is 144 g/mol. The van der Waals surface area contributed by atoms with Crippen molar-refractivity contribution in [1.82, 2.24) is 0 Å². The summed E-state index contributed by atoms with van der Waals surface area (Å²) in [6.45, 7) is -1.77. The number of nitrogens with two attached hydrogens (primary N) is 1. The van der Waals surface area contributed by atoms with Gasteiger partial charge in [0.25, 0.3) is 6.63 Å². The molecule has 3 N–H and O–H groups in total. The minimum atomic E-state index is -2.90. The lowest BCUT2D eigenvalue weighted by Crippen LogP contribution is -2.40. The Morgan fingerprint density at radius 1 is 1.55 bits per heavy atom. The molecular formula is C7H10BFNO-. The lowest BCUT2D eigenvalue weighted by molar-refractivity contribution is 0.481. The number of nitrogen functional groups attached to an aromatic ring is 1. The zero-order valence-electron chi connectivity index (χ0n) is 6.29. The average molecular weight is 154 g/mol. The van der Waals surface area contributed by atoms with Crippen LogP contribution in [0.5, 0.6) is 0 Å². The molecule has 1 unspecified atom stereocenters. The SMILES string of the molecule is C[B-](O)(F)c1cccc(N)c1. The van der Waals surface area contributed by atoms with E-state index in [-0.39, 0.29) is 5.46 Å². The summed E-state index contributed by atoms with van der Waals surface area (Å²) in [6, 6.07) is 6.20. The van der Waals surface area contributed by atoms with Crippen molar-refractivity contribution in [2.45, 2.75) is 6.82 Å². The third kappa shape index (κ3) is 1.95. The molecule has 0 heterocycles. The summed E-state index contributed by atoms with van der Waals surface area (Å²) in [7, 11) is 0. The normalized spacial score (nSPS) is 15.9. The third-order valence-electron chi connectivity index (χ3n) is 1.52. The zero-order valence-corrected chi connectivity index (χ0v) is 6.29. The highest BCUT2D eigenvalue weighted by molar-refractivity contribution is 6.78. The van der Waals surface area contributed by atoms with Crippen LogP contribution in [0, 0.1) is 0 Å². The van der Waals surface area contributed by atoms with Crippen molar-refractivity contribution in [3.8, 4) is 0 Å². The fourth-order valence-corrected chi connectivity index (χ4v) is 0.887. The summed E-state index contributed by atoms with van der Waals surface area (Å²) in [6.07, 6.45) is 0. The van der Waals surface area contributed by atoms with E-state index in [9.17, 15) is 4.32 Å². The number of benzene rings is 1. The Balaban J connectivity index is 3.06. The van der Waals surface area contributed by atoms with Crippen molar-refractivity contribution >= 4 is 17.8 Å². The molecule has 0 saturated carbocycles. The van der Waals surface area contributed by atoms with E-state index in [2.05, 4.69) is 0 Å². The molecule has 2 nitrogen and oxygen atoms in total. The van der Waals surface area contributed by atoms with Gasteiger partial charge in [-0.2, -0.15) is 0 Å². The van der Waals surface area contributed by atoms with Gasteiger partial charge in [0.15, 0.2) is 0 Å². The second kappa shape index (κ2) is 2.55. The van der Waals surface area contributed by atoms with Crippen molar-refractivity contribution in [2.75, 3.05) is 5.73 Å². The van der Waals surface area contributed by atoms with Gasteiger partial charge in [0.2, 0.25) is 0 Å². The number of hydrogen-bond donors (Lipinski definition) is 2. The van der Waals surface area contributed by atoms with Gasteiger partial charge in [-0.1, -0.05) is 18.2 Å². The molecule has 0 aliphatic heterocycles. The maximum Gasteiger partial charge on any atom is 0.297 e. The van der Waals surface area contributed by atoms with Crippen molar-refractivity contribution in [1.29, 1.82) is 0 Å². The minimum absolute atomic E-state index is 0.241. The molecule has 0 aliphatic carbocycles. The first-order chi connectivity index (χ1) is 5.00. The second-order valence-corrected chi connectivity index (χ2v) is 2.77. The van der Waals surface area contributed by atoms with Crippen LogP contribution in [0.3, 0.4) is 0 Å². The third-order valence-corrected chi connectivity index (χ3v) is 1.52. The first-order valence-electron chi connectivity index (χ1n) is 3.45. The van der Waals surface area contributed by atoms with Gasteiger partial charge in [-0.25, -0.2) is 0 Å². The fourth-order valence-electron chi connectivity index (χ4n) is 0.887. The van der Waals surface area contributed by atoms with Gasteiger partial charge >= 0.3 is 0 Å². The van der Waals surface area contributed by atoms with Gasteiger partial charge in [-0.05, 0) is 6.07 Å². The Morgan fingerprint density at radius 2 is 2.18 bits per heavy atom. The molecule has 0 spiro atoms. The summed E-state index contributed by atoms with van der Waals surface area (Å²) in [5.74, 6) is 0. The number of anilines is 1. The summed E-state index contributed by atoms with van der Waals surface area (Å²) >= 11 is 0. The highest BCUT2D eigenvalue weighted by Gasteiger charge is 2.15. The van der Waals surface area contributed by atoms with E-state index in [1.807, 2.05) is 0 Å². The van der Waals surface area contributed by atoms with Gasteiger partial charge in [-0.3, -0.25) is 0 Å². The van der Waals surface area contributed by atoms with Crippen LogP contribution < -0.4 is 11.2 Å². The molecule has 0 fully saturated rings. The van der Waals surface area contributed by atoms with Crippen molar-refractivity contribution < 1.29 is 9.34 Å². The van der Waals surface area contributed by atoms with Crippen LogP contribution in [0.25, 0.3) is 0 Å². The lowest BCUT2D eigenvalue weighted by atomic mass is 9.58. The Kier molecular flexibility index (Phi) is 1.87. The standard InChI is InChI=1S/C7H10BFNO/c1-8(9,11)6-3-2-4-7(10)5-6/h2-5,11H,10H2,1H3/q-1. The Bertz CT molecular complexity index is 259. The van der Waals surface area contributed by atoms with Crippen molar-refractivity contribution in [3.63, 3.8) is 0 Å². The molecule has 0 amide bonds. The smallest absolute Gasteiger partial charge is 0.297 e. The maximum atomic E-state index is 12.9. The fraction of sp³-hybridized carbons (Fsp3) is 0.143. The predicted octanol–water partition coefficient (Wildman–Crippen LogP) is 0.510. The number of halogens is 1. The number of rotatable bonds is 1. The zero-order chi connectivity index (χ0) is 8.48. The molecule has 1 aromatic carbocycles. The van der Waals surface area contributed by atoms with E-state index in [4.69, 9.17) is 10.8 Å². The van der Waals surface area contributed by atoms with Gasteiger partial charge in [-0.15, -0.1) is 12.3 Å². The molecule has 0 saturated heterocycles.